The first kappa shape index (κ1) is 14.6. The van der Waals surface area contributed by atoms with Crippen LogP contribution in [0.1, 0.15) is 37.3 Å². The van der Waals surface area contributed by atoms with E-state index in [2.05, 4.69) is 20.1 Å². The smallest absolute Gasteiger partial charge is 0.222 e. The molecule has 0 aliphatic carbocycles. The van der Waals surface area contributed by atoms with Gasteiger partial charge in [0, 0.05) is 43.9 Å². The molecule has 1 fully saturated rings. The normalized spacial score (nSPS) is 18.4. The number of likely N-dealkylation sites (tertiary alicyclic amines) is 1. The highest BCUT2D eigenvalue weighted by Crippen LogP contribution is 2.25. The molecule has 0 bridgehead atoms. The molecule has 1 aliphatic rings. The van der Waals surface area contributed by atoms with E-state index in [1.54, 1.807) is 23.5 Å². The number of carbonyl (C=O) groups is 1. The van der Waals surface area contributed by atoms with Crippen LogP contribution in [0.4, 0.5) is 0 Å². The van der Waals surface area contributed by atoms with E-state index in [1.807, 2.05) is 11.0 Å². The number of hydrogen-bond acceptors (Lipinski definition) is 5. The molecule has 1 saturated heterocycles. The Kier molecular flexibility index (Phi) is 4.72. The summed E-state index contributed by atoms with van der Waals surface area (Å²) in [5.74, 6) is 0.551. The Morgan fingerprint density at radius 2 is 2.27 bits per heavy atom. The summed E-state index contributed by atoms with van der Waals surface area (Å²) in [6, 6.07) is 1.95. The Morgan fingerprint density at radius 3 is 3.05 bits per heavy atom. The molecular weight excluding hydrogens is 280 g/mol. The Balaban J connectivity index is 1.49. The molecule has 1 amide bonds. The fourth-order valence-electron chi connectivity index (χ4n) is 2.89. The first-order valence-corrected chi connectivity index (χ1v) is 7.69. The molecule has 2 aromatic rings. The highest BCUT2D eigenvalue weighted by Gasteiger charge is 2.25. The number of aryl methyl sites for hydroxylation is 1. The number of carbonyl (C=O) groups excluding carboxylic acids is 1. The average Bonchev–Trinajstić information content (AvgIpc) is 3.09. The van der Waals surface area contributed by atoms with Crippen molar-refractivity contribution in [3.05, 3.63) is 36.9 Å². The van der Waals surface area contributed by atoms with E-state index >= 15 is 0 Å². The minimum absolute atomic E-state index is 0.221. The zero-order chi connectivity index (χ0) is 15.2. The van der Waals surface area contributed by atoms with Gasteiger partial charge in [0.15, 0.2) is 0 Å². The van der Waals surface area contributed by atoms with E-state index in [0.29, 0.717) is 12.3 Å². The number of nitrogens with zero attached hydrogens (tertiary/aromatic N) is 6. The molecule has 1 atom stereocenters. The van der Waals surface area contributed by atoms with Gasteiger partial charge in [-0.2, -0.15) is 5.10 Å². The van der Waals surface area contributed by atoms with E-state index in [9.17, 15) is 4.79 Å². The van der Waals surface area contributed by atoms with Crippen LogP contribution in [0, 0.1) is 0 Å². The van der Waals surface area contributed by atoms with Crippen molar-refractivity contribution in [2.75, 3.05) is 13.1 Å². The number of hydrogen-bond donors (Lipinski definition) is 0. The second kappa shape index (κ2) is 7.11. The summed E-state index contributed by atoms with van der Waals surface area (Å²) in [6.45, 7) is 2.35. The van der Waals surface area contributed by atoms with Crippen LogP contribution in [0.5, 0.6) is 0 Å². The molecule has 3 rings (SSSR count). The lowest BCUT2D eigenvalue weighted by Crippen LogP contribution is -2.39. The van der Waals surface area contributed by atoms with Crippen molar-refractivity contribution in [1.82, 2.24) is 29.6 Å². The highest BCUT2D eigenvalue weighted by molar-refractivity contribution is 5.76. The van der Waals surface area contributed by atoms with Gasteiger partial charge < -0.3 is 4.90 Å². The number of amides is 1. The number of piperidine rings is 1. The van der Waals surface area contributed by atoms with Gasteiger partial charge in [0.25, 0.3) is 0 Å². The van der Waals surface area contributed by atoms with Crippen molar-refractivity contribution in [2.45, 2.75) is 38.1 Å². The van der Waals surface area contributed by atoms with Gasteiger partial charge >= 0.3 is 0 Å². The lowest BCUT2D eigenvalue weighted by molar-refractivity contribution is -0.132. The molecule has 0 aromatic carbocycles. The van der Waals surface area contributed by atoms with Crippen molar-refractivity contribution >= 4 is 5.91 Å². The van der Waals surface area contributed by atoms with Crippen molar-refractivity contribution in [1.29, 1.82) is 0 Å². The highest BCUT2D eigenvalue weighted by atomic mass is 16.2. The SMILES string of the molecule is O=C(CCCn1cncn1)N1CCCC(c2ccncn2)C1. The van der Waals surface area contributed by atoms with Crippen molar-refractivity contribution in [3.63, 3.8) is 0 Å². The first-order chi connectivity index (χ1) is 10.8. The van der Waals surface area contributed by atoms with Gasteiger partial charge in [-0.1, -0.05) is 0 Å². The third-order valence-electron chi connectivity index (χ3n) is 4.04. The monoisotopic (exact) mass is 300 g/mol. The summed E-state index contributed by atoms with van der Waals surface area (Å²) in [4.78, 5) is 26.5. The number of aromatic nitrogens is 5. The van der Waals surface area contributed by atoms with E-state index in [-0.39, 0.29) is 5.91 Å². The summed E-state index contributed by atoms with van der Waals surface area (Å²) in [5.41, 5.74) is 1.04. The summed E-state index contributed by atoms with van der Waals surface area (Å²) in [7, 11) is 0. The standard InChI is InChI=1S/C15H20N6O/c22-15(4-2-8-21-12-17-11-19-21)20-7-1-3-13(9-20)14-5-6-16-10-18-14/h5-6,10-13H,1-4,7-9H2. The third-order valence-corrected chi connectivity index (χ3v) is 4.04. The van der Waals surface area contributed by atoms with Gasteiger partial charge in [0.2, 0.25) is 5.91 Å². The van der Waals surface area contributed by atoms with Gasteiger partial charge in [-0.25, -0.2) is 15.0 Å². The maximum Gasteiger partial charge on any atom is 0.222 e. The molecule has 116 valence electrons. The van der Waals surface area contributed by atoms with Gasteiger partial charge in [0.1, 0.15) is 19.0 Å². The van der Waals surface area contributed by atoms with Gasteiger partial charge in [0.05, 0.1) is 0 Å². The predicted molar refractivity (Wildman–Crippen MR) is 79.8 cm³/mol. The quantitative estimate of drug-likeness (QED) is 0.830. The predicted octanol–water partition coefficient (Wildman–Crippen LogP) is 1.25. The van der Waals surface area contributed by atoms with Crippen LogP contribution in [0.3, 0.4) is 0 Å². The van der Waals surface area contributed by atoms with Crippen LogP contribution in [-0.4, -0.2) is 48.6 Å². The fourth-order valence-corrected chi connectivity index (χ4v) is 2.89. The van der Waals surface area contributed by atoms with Crippen LogP contribution < -0.4 is 0 Å². The van der Waals surface area contributed by atoms with Crippen molar-refractivity contribution in [3.8, 4) is 0 Å². The molecular formula is C15H20N6O. The maximum atomic E-state index is 12.4. The molecule has 3 heterocycles. The summed E-state index contributed by atoms with van der Waals surface area (Å²) in [5, 5.41) is 4.04. The Labute approximate surface area is 129 Å². The van der Waals surface area contributed by atoms with E-state index in [1.165, 1.54) is 6.33 Å². The van der Waals surface area contributed by atoms with Crippen LogP contribution in [0.2, 0.25) is 0 Å². The van der Waals surface area contributed by atoms with E-state index in [4.69, 9.17) is 0 Å². The lowest BCUT2D eigenvalue weighted by atomic mass is 9.94. The second-order valence-corrected chi connectivity index (χ2v) is 5.58. The molecule has 0 spiro atoms. The zero-order valence-corrected chi connectivity index (χ0v) is 12.5. The minimum Gasteiger partial charge on any atom is -0.342 e. The summed E-state index contributed by atoms with van der Waals surface area (Å²) in [6.07, 6.45) is 9.99. The molecule has 7 nitrogen and oxygen atoms in total. The average molecular weight is 300 g/mol. The topological polar surface area (TPSA) is 76.8 Å². The molecule has 1 aliphatic heterocycles. The van der Waals surface area contributed by atoms with Gasteiger partial charge in [-0.05, 0) is 25.3 Å². The van der Waals surface area contributed by atoms with Crippen molar-refractivity contribution in [2.24, 2.45) is 0 Å². The molecule has 2 aromatic heterocycles. The second-order valence-electron chi connectivity index (χ2n) is 5.58. The van der Waals surface area contributed by atoms with Crippen LogP contribution in [0.25, 0.3) is 0 Å². The molecule has 0 N–H and O–H groups in total. The van der Waals surface area contributed by atoms with Crippen LogP contribution >= 0.6 is 0 Å². The molecule has 22 heavy (non-hydrogen) atoms. The largest absolute Gasteiger partial charge is 0.342 e. The Bertz CT molecular complexity index is 585. The minimum atomic E-state index is 0.221. The molecule has 0 radical (unpaired) electrons. The summed E-state index contributed by atoms with van der Waals surface area (Å²) < 4.78 is 1.76. The lowest BCUT2D eigenvalue weighted by Gasteiger charge is -2.32. The fraction of sp³-hybridized carbons (Fsp3) is 0.533. The Morgan fingerprint density at radius 1 is 1.32 bits per heavy atom. The van der Waals surface area contributed by atoms with E-state index in [0.717, 1.165) is 44.6 Å². The molecule has 7 heteroatoms. The van der Waals surface area contributed by atoms with Gasteiger partial charge in [-0.15, -0.1) is 0 Å². The van der Waals surface area contributed by atoms with Gasteiger partial charge in [-0.3, -0.25) is 9.48 Å². The molecule has 0 saturated carbocycles. The Hall–Kier alpha value is -2.31. The third kappa shape index (κ3) is 3.66. The summed E-state index contributed by atoms with van der Waals surface area (Å²) >= 11 is 0. The first-order valence-electron chi connectivity index (χ1n) is 7.69. The van der Waals surface area contributed by atoms with E-state index < -0.39 is 0 Å². The van der Waals surface area contributed by atoms with Crippen LogP contribution in [0.15, 0.2) is 31.2 Å². The zero-order valence-electron chi connectivity index (χ0n) is 12.5. The maximum absolute atomic E-state index is 12.4. The van der Waals surface area contributed by atoms with Crippen LogP contribution in [-0.2, 0) is 11.3 Å². The number of rotatable bonds is 5. The molecule has 1 unspecified atom stereocenters. The van der Waals surface area contributed by atoms with Crippen molar-refractivity contribution < 1.29 is 4.79 Å².